The molecule has 0 N–H and O–H groups in total. The van der Waals surface area contributed by atoms with Crippen LogP contribution in [0.5, 0.6) is 0 Å². The van der Waals surface area contributed by atoms with Crippen molar-refractivity contribution in [3.63, 3.8) is 0 Å². The molecule has 0 atom stereocenters. The van der Waals surface area contributed by atoms with Crippen molar-refractivity contribution in [1.29, 1.82) is 5.26 Å². The minimum absolute atomic E-state index is 0.656. The lowest BCUT2D eigenvalue weighted by Gasteiger charge is -2.13. The lowest BCUT2D eigenvalue weighted by molar-refractivity contribution is 0.657. The van der Waals surface area contributed by atoms with Crippen molar-refractivity contribution in [2.24, 2.45) is 0 Å². The third-order valence-corrected chi connectivity index (χ3v) is 8.55. The summed E-state index contributed by atoms with van der Waals surface area (Å²) in [7, 11) is 0. The predicted molar refractivity (Wildman–Crippen MR) is 177 cm³/mol. The van der Waals surface area contributed by atoms with Gasteiger partial charge in [0.15, 0.2) is 11.2 Å². The zero-order valence-corrected chi connectivity index (χ0v) is 23.4. The Morgan fingerprint density at radius 2 is 0.886 bits per heavy atom. The molecular weight excluding hydrogens is 540 g/mol. The van der Waals surface area contributed by atoms with E-state index in [1.54, 1.807) is 0 Å². The summed E-state index contributed by atoms with van der Waals surface area (Å²) in [6.07, 6.45) is 0. The number of hydrogen-bond acceptors (Lipinski definition) is 4. The van der Waals surface area contributed by atoms with Gasteiger partial charge in [-0.05, 0) is 75.0 Å². The molecule has 0 radical (unpaired) electrons. The topological polar surface area (TPSA) is 63.0 Å². The fourth-order valence-corrected chi connectivity index (χ4v) is 6.45. The second-order valence-electron chi connectivity index (χ2n) is 11.0. The number of fused-ring (bicyclic) bond motifs is 7. The summed E-state index contributed by atoms with van der Waals surface area (Å²) in [5, 5.41) is 13.5. The van der Waals surface area contributed by atoms with Gasteiger partial charge in [0.25, 0.3) is 0 Å². The van der Waals surface area contributed by atoms with Crippen LogP contribution in [0.2, 0.25) is 0 Å². The maximum absolute atomic E-state index is 9.23. The van der Waals surface area contributed by atoms with Crippen LogP contribution < -0.4 is 0 Å². The SMILES string of the molecule is N#Cc1ccc(-c2ccc(-c3ccc(-c4c5oc6ccccc6c5nc5c4oc4ccccc45)cc3)c3ccccc23)cc1. The van der Waals surface area contributed by atoms with Gasteiger partial charge in [0.2, 0.25) is 0 Å². The Morgan fingerprint density at radius 3 is 1.39 bits per heavy atom. The van der Waals surface area contributed by atoms with Gasteiger partial charge in [-0.25, -0.2) is 4.98 Å². The Hall–Kier alpha value is -6.18. The number of rotatable bonds is 3. The molecule has 3 heterocycles. The molecule has 0 unspecified atom stereocenters. The molecule has 0 fully saturated rings. The minimum atomic E-state index is 0.656. The van der Waals surface area contributed by atoms with Gasteiger partial charge in [-0.1, -0.05) is 97.1 Å². The summed E-state index contributed by atoms with van der Waals surface area (Å²) in [5.74, 6) is 0. The van der Waals surface area contributed by atoms with Crippen molar-refractivity contribution >= 4 is 54.9 Å². The number of pyridine rings is 1. The fraction of sp³-hybridized carbons (Fsp3) is 0. The molecule has 4 heteroatoms. The van der Waals surface area contributed by atoms with E-state index in [0.29, 0.717) is 5.56 Å². The first-order valence-electron chi connectivity index (χ1n) is 14.5. The highest BCUT2D eigenvalue weighted by atomic mass is 16.3. The van der Waals surface area contributed by atoms with E-state index in [1.807, 2.05) is 60.7 Å². The Balaban J connectivity index is 1.23. The molecule has 0 bridgehead atoms. The zero-order valence-electron chi connectivity index (χ0n) is 23.4. The molecule has 6 aromatic carbocycles. The molecule has 9 rings (SSSR count). The zero-order chi connectivity index (χ0) is 29.2. The molecule has 44 heavy (non-hydrogen) atoms. The fourth-order valence-electron chi connectivity index (χ4n) is 6.45. The van der Waals surface area contributed by atoms with Crippen LogP contribution in [0.25, 0.3) is 88.3 Å². The van der Waals surface area contributed by atoms with E-state index >= 15 is 0 Å². The number of para-hydroxylation sites is 2. The number of aromatic nitrogens is 1. The lowest BCUT2D eigenvalue weighted by Crippen LogP contribution is -1.88. The van der Waals surface area contributed by atoms with Crippen molar-refractivity contribution in [1.82, 2.24) is 4.98 Å². The summed E-state index contributed by atoms with van der Waals surface area (Å²) in [6.45, 7) is 0. The maximum atomic E-state index is 9.23. The van der Waals surface area contributed by atoms with Crippen LogP contribution in [0.1, 0.15) is 5.56 Å². The van der Waals surface area contributed by atoms with E-state index in [4.69, 9.17) is 13.8 Å². The van der Waals surface area contributed by atoms with Crippen LogP contribution in [-0.2, 0) is 0 Å². The number of nitrogens with zero attached hydrogens (tertiary/aromatic N) is 2. The summed E-state index contributed by atoms with van der Waals surface area (Å²) in [5.41, 5.74) is 11.8. The van der Waals surface area contributed by atoms with Crippen molar-refractivity contribution < 1.29 is 8.83 Å². The van der Waals surface area contributed by atoms with Gasteiger partial charge < -0.3 is 8.83 Å². The Labute approximate surface area is 252 Å². The van der Waals surface area contributed by atoms with E-state index in [-0.39, 0.29) is 0 Å². The van der Waals surface area contributed by atoms with E-state index in [0.717, 1.165) is 77.5 Å². The van der Waals surface area contributed by atoms with Crippen LogP contribution in [0, 0.1) is 11.3 Å². The number of furan rings is 2. The van der Waals surface area contributed by atoms with E-state index in [9.17, 15) is 5.26 Å². The summed E-state index contributed by atoms with van der Waals surface area (Å²) >= 11 is 0. The van der Waals surface area contributed by atoms with Crippen LogP contribution in [0.15, 0.2) is 142 Å². The average molecular weight is 563 g/mol. The molecule has 0 aliphatic carbocycles. The first-order chi connectivity index (χ1) is 21.8. The highest BCUT2D eigenvalue weighted by molar-refractivity contribution is 6.18. The maximum Gasteiger partial charge on any atom is 0.165 e. The van der Waals surface area contributed by atoms with Crippen LogP contribution in [-0.4, -0.2) is 4.98 Å². The highest BCUT2D eigenvalue weighted by Crippen LogP contribution is 2.43. The number of benzene rings is 6. The molecule has 0 amide bonds. The standard InChI is InChI=1S/C40H22N2O2/c41-23-24-13-15-25(16-14-24)28-21-22-29(31-8-2-1-7-30(28)31)26-17-19-27(20-18-26)36-39-37(32-9-3-5-11-34(32)43-39)42-38-33-10-4-6-12-35(33)44-40(36)38/h1-22H. The predicted octanol–water partition coefficient (Wildman–Crippen LogP) is 10.9. The summed E-state index contributed by atoms with van der Waals surface area (Å²) < 4.78 is 12.9. The van der Waals surface area contributed by atoms with Crippen molar-refractivity contribution in [3.8, 4) is 39.4 Å². The van der Waals surface area contributed by atoms with Gasteiger partial charge in [-0.2, -0.15) is 5.26 Å². The molecular formula is C40H22N2O2. The largest absolute Gasteiger partial charge is 0.454 e. The van der Waals surface area contributed by atoms with Crippen LogP contribution >= 0.6 is 0 Å². The second kappa shape index (κ2) is 9.42. The van der Waals surface area contributed by atoms with Gasteiger partial charge in [0, 0.05) is 10.8 Å². The molecule has 9 aromatic rings. The van der Waals surface area contributed by atoms with E-state index in [2.05, 4.69) is 78.9 Å². The van der Waals surface area contributed by atoms with Crippen LogP contribution in [0.3, 0.4) is 0 Å². The summed E-state index contributed by atoms with van der Waals surface area (Å²) in [4.78, 5) is 5.08. The molecule has 0 aliphatic heterocycles. The Morgan fingerprint density at radius 1 is 0.455 bits per heavy atom. The summed E-state index contributed by atoms with van der Waals surface area (Å²) in [6, 6.07) is 47.5. The molecule has 4 nitrogen and oxygen atoms in total. The molecule has 204 valence electrons. The molecule has 0 saturated carbocycles. The van der Waals surface area contributed by atoms with Crippen molar-refractivity contribution in [3.05, 3.63) is 139 Å². The highest BCUT2D eigenvalue weighted by Gasteiger charge is 2.22. The van der Waals surface area contributed by atoms with E-state index in [1.165, 1.54) is 10.8 Å². The quantitative estimate of drug-likeness (QED) is 0.215. The van der Waals surface area contributed by atoms with Gasteiger partial charge in [-0.15, -0.1) is 0 Å². The minimum Gasteiger partial charge on any atom is -0.454 e. The third-order valence-electron chi connectivity index (χ3n) is 8.55. The molecule has 0 spiro atoms. The lowest BCUT2D eigenvalue weighted by atomic mass is 9.91. The molecule has 0 aliphatic rings. The van der Waals surface area contributed by atoms with Gasteiger partial charge in [0.1, 0.15) is 22.2 Å². The smallest absolute Gasteiger partial charge is 0.165 e. The van der Waals surface area contributed by atoms with Crippen LogP contribution in [0.4, 0.5) is 0 Å². The molecule has 3 aromatic heterocycles. The number of nitriles is 1. The van der Waals surface area contributed by atoms with Gasteiger partial charge in [-0.3, -0.25) is 0 Å². The normalized spacial score (nSPS) is 11.6. The molecule has 0 saturated heterocycles. The third kappa shape index (κ3) is 3.60. The Kier molecular flexibility index (Phi) is 5.23. The van der Waals surface area contributed by atoms with Crippen molar-refractivity contribution in [2.75, 3.05) is 0 Å². The first-order valence-corrected chi connectivity index (χ1v) is 14.5. The van der Waals surface area contributed by atoms with Gasteiger partial charge >= 0.3 is 0 Å². The monoisotopic (exact) mass is 562 g/mol. The second-order valence-corrected chi connectivity index (χ2v) is 11.0. The number of hydrogen-bond donors (Lipinski definition) is 0. The van der Waals surface area contributed by atoms with Gasteiger partial charge in [0.05, 0.1) is 17.2 Å². The van der Waals surface area contributed by atoms with Crippen molar-refractivity contribution in [2.45, 2.75) is 0 Å². The average Bonchev–Trinajstić information content (AvgIpc) is 3.65. The first kappa shape index (κ1) is 24.4. The Bertz CT molecular complexity index is 2510. The van der Waals surface area contributed by atoms with E-state index < -0.39 is 0 Å².